The number of rotatable bonds is 4. The third kappa shape index (κ3) is 6.11. The number of hydrogen-bond donors (Lipinski definition) is 1. The molecule has 3 aliphatic rings. The van der Waals surface area contributed by atoms with Gasteiger partial charge in [0.05, 0.1) is 11.3 Å². The minimum absolute atomic E-state index is 0.108. The zero-order valence-corrected chi connectivity index (χ0v) is 22.1. The number of imide groups is 1. The normalized spacial score (nSPS) is 22.3. The molecule has 2 saturated heterocycles. The molecular formula is C32H35N3O3. The molecule has 3 aliphatic heterocycles. The largest absolute Gasteiger partial charge is 0.303 e. The van der Waals surface area contributed by atoms with Crippen LogP contribution in [0.4, 0.5) is 5.69 Å². The van der Waals surface area contributed by atoms with Crippen molar-refractivity contribution in [3.8, 4) is 11.8 Å². The van der Waals surface area contributed by atoms with E-state index in [4.69, 9.17) is 4.99 Å². The Hall–Kier alpha value is -3.56. The number of likely N-dealkylation sites (tertiary alicyclic amines) is 1. The van der Waals surface area contributed by atoms with E-state index in [1.54, 1.807) is 0 Å². The van der Waals surface area contributed by atoms with Crippen molar-refractivity contribution in [3.05, 3.63) is 64.7 Å². The van der Waals surface area contributed by atoms with Crippen LogP contribution in [-0.4, -0.2) is 47.8 Å². The smallest absolute Gasteiger partial charge is 0.230 e. The maximum Gasteiger partial charge on any atom is 0.230 e. The molecule has 2 atom stereocenters. The summed E-state index contributed by atoms with van der Waals surface area (Å²) >= 11 is 0. The van der Waals surface area contributed by atoms with Gasteiger partial charge in [0.25, 0.3) is 0 Å². The number of amides is 2. The van der Waals surface area contributed by atoms with Gasteiger partial charge in [-0.2, -0.15) is 0 Å². The first-order valence-electron chi connectivity index (χ1n) is 13.9. The Morgan fingerprint density at radius 1 is 0.921 bits per heavy atom. The van der Waals surface area contributed by atoms with Gasteiger partial charge < -0.3 is 4.90 Å². The van der Waals surface area contributed by atoms with Gasteiger partial charge in [-0.3, -0.25) is 24.7 Å². The summed E-state index contributed by atoms with van der Waals surface area (Å²) < 4.78 is 0. The molecule has 2 unspecified atom stereocenters. The van der Waals surface area contributed by atoms with Crippen molar-refractivity contribution in [2.75, 3.05) is 19.6 Å². The summed E-state index contributed by atoms with van der Waals surface area (Å²) in [6, 6.07) is 13.9. The highest BCUT2D eigenvalue weighted by Gasteiger charge is 2.39. The lowest BCUT2D eigenvalue weighted by Gasteiger charge is -2.29. The SMILES string of the molecule is CC1=Nc2cccc(C#Cc3ccc(CCN4CCCCC4)cc3)c2C(=O)C(C2CCC(=O)NC2=O)CC1. The molecule has 2 aromatic carbocycles. The molecule has 0 aliphatic carbocycles. The minimum Gasteiger partial charge on any atom is -0.303 e. The van der Waals surface area contributed by atoms with Gasteiger partial charge in [0.15, 0.2) is 5.78 Å². The molecule has 3 heterocycles. The summed E-state index contributed by atoms with van der Waals surface area (Å²) in [5.41, 5.74) is 4.82. The maximum atomic E-state index is 13.9. The van der Waals surface area contributed by atoms with E-state index >= 15 is 0 Å². The van der Waals surface area contributed by atoms with Gasteiger partial charge in [-0.25, -0.2) is 0 Å². The number of fused-ring (bicyclic) bond motifs is 1. The highest BCUT2D eigenvalue weighted by Crippen LogP contribution is 2.35. The lowest BCUT2D eigenvalue weighted by atomic mass is 9.76. The van der Waals surface area contributed by atoms with E-state index in [9.17, 15) is 14.4 Å². The van der Waals surface area contributed by atoms with Crippen molar-refractivity contribution in [3.63, 3.8) is 0 Å². The van der Waals surface area contributed by atoms with Crippen molar-refractivity contribution in [2.45, 2.75) is 58.3 Å². The third-order valence-electron chi connectivity index (χ3n) is 7.98. The van der Waals surface area contributed by atoms with E-state index in [1.165, 1.54) is 37.9 Å². The molecule has 6 heteroatoms. The molecule has 38 heavy (non-hydrogen) atoms. The summed E-state index contributed by atoms with van der Waals surface area (Å²) in [4.78, 5) is 45.5. The first-order valence-corrected chi connectivity index (χ1v) is 13.9. The van der Waals surface area contributed by atoms with E-state index < -0.39 is 11.8 Å². The molecule has 2 aromatic rings. The quantitative estimate of drug-likeness (QED) is 0.472. The fourth-order valence-electron chi connectivity index (χ4n) is 5.78. The van der Waals surface area contributed by atoms with E-state index in [2.05, 4.69) is 34.2 Å². The molecule has 2 amide bonds. The predicted octanol–water partition coefficient (Wildman–Crippen LogP) is 4.85. The van der Waals surface area contributed by atoms with Gasteiger partial charge in [-0.15, -0.1) is 0 Å². The van der Waals surface area contributed by atoms with Gasteiger partial charge in [-0.05, 0) is 88.4 Å². The molecule has 196 valence electrons. The molecule has 5 rings (SSSR count). The Morgan fingerprint density at radius 3 is 2.45 bits per heavy atom. The molecule has 0 saturated carbocycles. The topological polar surface area (TPSA) is 78.8 Å². The highest BCUT2D eigenvalue weighted by molar-refractivity contribution is 6.09. The van der Waals surface area contributed by atoms with Crippen LogP contribution in [0.1, 0.15) is 78.9 Å². The van der Waals surface area contributed by atoms with Crippen molar-refractivity contribution in [2.24, 2.45) is 16.8 Å². The predicted molar refractivity (Wildman–Crippen MR) is 149 cm³/mol. The second-order valence-corrected chi connectivity index (χ2v) is 10.7. The Bertz CT molecular complexity index is 1310. The average Bonchev–Trinajstić information content (AvgIpc) is 2.92. The fraction of sp³-hybridized carbons (Fsp3) is 0.438. The Labute approximate surface area is 224 Å². The summed E-state index contributed by atoms with van der Waals surface area (Å²) in [6.07, 6.45) is 6.81. The van der Waals surface area contributed by atoms with Crippen molar-refractivity contribution in [1.82, 2.24) is 10.2 Å². The lowest BCUT2D eigenvalue weighted by Crippen LogP contribution is -2.45. The van der Waals surface area contributed by atoms with Crippen LogP contribution in [0.2, 0.25) is 0 Å². The number of carbonyl (C=O) groups excluding carboxylic acids is 3. The number of piperidine rings is 2. The molecule has 0 radical (unpaired) electrons. The number of aliphatic imine (C=N–C) groups is 1. The van der Waals surface area contributed by atoms with Crippen LogP contribution in [0.15, 0.2) is 47.5 Å². The second-order valence-electron chi connectivity index (χ2n) is 10.7. The van der Waals surface area contributed by atoms with Crippen LogP contribution in [0.5, 0.6) is 0 Å². The Morgan fingerprint density at radius 2 is 1.68 bits per heavy atom. The van der Waals surface area contributed by atoms with Gasteiger partial charge in [-0.1, -0.05) is 36.5 Å². The number of Topliss-reactive ketones (excluding diaryl/α,β-unsaturated/α-hetero) is 1. The van der Waals surface area contributed by atoms with Gasteiger partial charge >= 0.3 is 0 Å². The Balaban J connectivity index is 1.37. The van der Waals surface area contributed by atoms with Gasteiger partial charge in [0, 0.05) is 41.6 Å². The number of ketones is 1. The van der Waals surface area contributed by atoms with Gasteiger partial charge in [0.1, 0.15) is 0 Å². The minimum atomic E-state index is -0.516. The maximum absolute atomic E-state index is 13.9. The Kier molecular flexibility index (Phi) is 8.14. The summed E-state index contributed by atoms with van der Waals surface area (Å²) in [7, 11) is 0. The number of nitrogens with zero attached hydrogens (tertiary/aromatic N) is 2. The van der Waals surface area contributed by atoms with Crippen LogP contribution in [-0.2, 0) is 16.0 Å². The average molecular weight is 510 g/mol. The van der Waals surface area contributed by atoms with Crippen LogP contribution < -0.4 is 5.32 Å². The fourth-order valence-corrected chi connectivity index (χ4v) is 5.78. The van der Waals surface area contributed by atoms with E-state index in [1.807, 2.05) is 37.3 Å². The second kappa shape index (κ2) is 11.9. The number of nitrogens with one attached hydrogen (secondary N) is 1. The number of hydrogen-bond acceptors (Lipinski definition) is 5. The highest BCUT2D eigenvalue weighted by atomic mass is 16.2. The van der Waals surface area contributed by atoms with Crippen LogP contribution in [0.25, 0.3) is 0 Å². The molecule has 0 aromatic heterocycles. The summed E-state index contributed by atoms with van der Waals surface area (Å²) in [6.45, 7) is 5.46. The van der Waals surface area contributed by atoms with E-state index in [0.29, 0.717) is 36.1 Å². The first-order chi connectivity index (χ1) is 18.5. The zero-order chi connectivity index (χ0) is 26.5. The summed E-state index contributed by atoms with van der Waals surface area (Å²) in [5.74, 6) is 4.71. The standard InChI is InChI=1S/C32H35N3O3/c1-22-8-15-26(27-16-17-29(36)34-32(27)38)31(37)30-25(6-5-7-28(30)33-22)14-13-23-9-11-24(12-10-23)18-21-35-19-3-2-4-20-35/h5-7,9-12,26-27H,2-4,8,15-21H2,1H3,(H,34,36,38). The van der Waals surface area contributed by atoms with E-state index in [-0.39, 0.29) is 24.0 Å². The van der Waals surface area contributed by atoms with Crippen LogP contribution in [0, 0.1) is 23.7 Å². The number of carbonyl (C=O) groups is 3. The van der Waals surface area contributed by atoms with Crippen molar-refractivity contribution < 1.29 is 14.4 Å². The van der Waals surface area contributed by atoms with Crippen molar-refractivity contribution >= 4 is 29.0 Å². The van der Waals surface area contributed by atoms with Gasteiger partial charge in [0.2, 0.25) is 11.8 Å². The van der Waals surface area contributed by atoms with E-state index in [0.717, 1.165) is 24.2 Å². The summed E-state index contributed by atoms with van der Waals surface area (Å²) in [5, 5.41) is 2.42. The molecule has 6 nitrogen and oxygen atoms in total. The molecular weight excluding hydrogens is 474 g/mol. The third-order valence-corrected chi connectivity index (χ3v) is 7.98. The molecule has 0 bridgehead atoms. The lowest BCUT2D eigenvalue weighted by molar-refractivity contribution is -0.137. The van der Waals surface area contributed by atoms with Crippen molar-refractivity contribution in [1.29, 1.82) is 0 Å². The van der Waals surface area contributed by atoms with Crippen LogP contribution >= 0.6 is 0 Å². The number of benzene rings is 2. The molecule has 0 spiro atoms. The zero-order valence-electron chi connectivity index (χ0n) is 22.1. The molecule has 2 fully saturated rings. The van der Waals surface area contributed by atoms with Crippen LogP contribution in [0.3, 0.4) is 0 Å². The first kappa shape index (κ1) is 26.1. The monoisotopic (exact) mass is 509 g/mol. The molecule has 1 N–H and O–H groups in total.